The van der Waals surface area contributed by atoms with Crippen LogP contribution in [0.2, 0.25) is 0 Å². The van der Waals surface area contributed by atoms with E-state index in [1.54, 1.807) is 5.92 Å². The standard InChI is InChI=1S/C7H12NS/c1-2-9-5-7-4-8-3-6(1)7/h6,8H,1-5H2. The van der Waals surface area contributed by atoms with Crippen LogP contribution in [0.5, 0.6) is 0 Å². The van der Waals surface area contributed by atoms with Gasteiger partial charge in [0.25, 0.3) is 0 Å². The molecular weight excluding hydrogens is 130 g/mol. The van der Waals surface area contributed by atoms with Gasteiger partial charge in [-0.15, -0.1) is 0 Å². The van der Waals surface area contributed by atoms with Crippen molar-refractivity contribution < 1.29 is 0 Å². The van der Waals surface area contributed by atoms with Crippen LogP contribution in [0.4, 0.5) is 0 Å². The van der Waals surface area contributed by atoms with Crippen molar-refractivity contribution in [3.05, 3.63) is 5.92 Å². The first kappa shape index (κ1) is 6.05. The average molecular weight is 142 g/mol. The van der Waals surface area contributed by atoms with Gasteiger partial charge in [-0.1, -0.05) is 0 Å². The van der Waals surface area contributed by atoms with E-state index in [2.05, 4.69) is 17.1 Å². The maximum Gasteiger partial charge on any atom is 0.00383 e. The van der Waals surface area contributed by atoms with E-state index in [-0.39, 0.29) is 0 Å². The Balaban J connectivity index is 1.97. The minimum absolute atomic E-state index is 0.950. The van der Waals surface area contributed by atoms with Crippen LogP contribution in [0.25, 0.3) is 0 Å². The molecule has 2 fully saturated rings. The zero-order valence-electron chi connectivity index (χ0n) is 5.52. The maximum absolute atomic E-state index is 3.41. The topological polar surface area (TPSA) is 12.0 Å². The second kappa shape index (κ2) is 2.51. The number of nitrogens with one attached hydrogen (secondary N) is 1. The van der Waals surface area contributed by atoms with Crippen LogP contribution in [-0.2, 0) is 0 Å². The van der Waals surface area contributed by atoms with Crippen molar-refractivity contribution in [2.45, 2.75) is 6.42 Å². The summed E-state index contributed by atoms with van der Waals surface area (Å²) in [5, 5.41) is 3.41. The van der Waals surface area contributed by atoms with Gasteiger partial charge in [0.05, 0.1) is 0 Å². The van der Waals surface area contributed by atoms with Gasteiger partial charge in [-0.2, -0.15) is 11.8 Å². The number of hydrogen-bond donors (Lipinski definition) is 1. The third kappa shape index (κ3) is 1.10. The quantitative estimate of drug-likeness (QED) is 0.539. The Bertz CT molecular complexity index is 93.1. The highest BCUT2D eigenvalue weighted by molar-refractivity contribution is 7.99. The molecule has 2 aliphatic rings. The lowest BCUT2D eigenvalue weighted by Crippen LogP contribution is -2.18. The van der Waals surface area contributed by atoms with E-state index in [0.29, 0.717) is 0 Å². The minimum Gasteiger partial charge on any atom is -0.316 e. The molecule has 0 aliphatic carbocycles. The van der Waals surface area contributed by atoms with Gasteiger partial charge in [0.1, 0.15) is 0 Å². The molecule has 1 N–H and O–H groups in total. The van der Waals surface area contributed by atoms with Crippen molar-refractivity contribution in [2.75, 3.05) is 24.6 Å². The van der Waals surface area contributed by atoms with Crippen LogP contribution in [-0.4, -0.2) is 24.6 Å². The van der Waals surface area contributed by atoms with E-state index in [9.17, 15) is 0 Å². The van der Waals surface area contributed by atoms with E-state index in [0.717, 1.165) is 5.92 Å². The Morgan fingerprint density at radius 3 is 3.44 bits per heavy atom. The van der Waals surface area contributed by atoms with Crippen molar-refractivity contribution in [1.29, 1.82) is 0 Å². The second-order valence-electron chi connectivity index (χ2n) is 2.83. The number of fused-ring (bicyclic) bond motifs is 1. The Morgan fingerprint density at radius 1 is 1.56 bits per heavy atom. The van der Waals surface area contributed by atoms with Gasteiger partial charge in [-0.05, 0) is 24.6 Å². The van der Waals surface area contributed by atoms with Crippen molar-refractivity contribution in [3.8, 4) is 0 Å². The molecule has 2 heterocycles. The van der Waals surface area contributed by atoms with Gasteiger partial charge < -0.3 is 5.32 Å². The SMILES string of the molecule is C1CC2CNC[C]2CS1. The summed E-state index contributed by atoms with van der Waals surface area (Å²) < 4.78 is 0. The van der Waals surface area contributed by atoms with Gasteiger partial charge >= 0.3 is 0 Å². The zero-order chi connectivity index (χ0) is 6.10. The lowest BCUT2D eigenvalue weighted by Gasteiger charge is -2.22. The van der Waals surface area contributed by atoms with Gasteiger partial charge in [0.15, 0.2) is 0 Å². The highest BCUT2D eigenvalue weighted by Crippen LogP contribution is 2.32. The van der Waals surface area contributed by atoms with Crippen LogP contribution in [0.15, 0.2) is 0 Å². The predicted molar refractivity (Wildman–Crippen MR) is 41.5 cm³/mol. The van der Waals surface area contributed by atoms with Gasteiger partial charge in [0.2, 0.25) is 0 Å². The maximum atomic E-state index is 3.41. The molecule has 0 spiro atoms. The lowest BCUT2D eigenvalue weighted by molar-refractivity contribution is 0.587. The van der Waals surface area contributed by atoms with E-state index >= 15 is 0 Å². The fourth-order valence-corrected chi connectivity index (χ4v) is 2.80. The summed E-state index contributed by atoms with van der Waals surface area (Å²) in [5.74, 6) is 5.44. The number of thioether (sulfide) groups is 1. The van der Waals surface area contributed by atoms with Gasteiger partial charge in [0, 0.05) is 18.2 Å². The van der Waals surface area contributed by atoms with Crippen LogP contribution >= 0.6 is 11.8 Å². The summed E-state index contributed by atoms with van der Waals surface area (Å²) >= 11 is 2.09. The van der Waals surface area contributed by atoms with Crippen LogP contribution in [0.3, 0.4) is 0 Å². The van der Waals surface area contributed by atoms with Crippen LogP contribution in [0.1, 0.15) is 6.42 Å². The largest absolute Gasteiger partial charge is 0.316 e. The number of rotatable bonds is 0. The molecule has 0 bridgehead atoms. The first-order valence-electron chi connectivity index (χ1n) is 3.60. The van der Waals surface area contributed by atoms with E-state index in [4.69, 9.17) is 0 Å². The van der Waals surface area contributed by atoms with Crippen molar-refractivity contribution in [3.63, 3.8) is 0 Å². The van der Waals surface area contributed by atoms with E-state index in [1.165, 1.54) is 31.0 Å². The van der Waals surface area contributed by atoms with Crippen molar-refractivity contribution in [1.82, 2.24) is 5.32 Å². The summed E-state index contributed by atoms with van der Waals surface area (Å²) in [7, 11) is 0. The molecule has 0 saturated carbocycles. The average Bonchev–Trinajstić information content (AvgIpc) is 2.33. The van der Waals surface area contributed by atoms with E-state index < -0.39 is 0 Å². The Kier molecular flexibility index (Phi) is 1.68. The van der Waals surface area contributed by atoms with Crippen molar-refractivity contribution in [2.24, 2.45) is 5.92 Å². The first-order chi connectivity index (χ1) is 4.47. The summed E-state index contributed by atoms with van der Waals surface area (Å²) in [4.78, 5) is 0. The second-order valence-corrected chi connectivity index (χ2v) is 3.93. The molecule has 1 nitrogen and oxygen atoms in total. The smallest absolute Gasteiger partial charge is 0.00383 e. The third-order valence-corrected chi connectivity index (χ3v) is 3.32. The molecular formula is C7H12NS. The molecule has 2 saturated heterocycles. The molecule has 0 amide bonds. The molecule has 0 aromatic rings. The minimum atomic E-state index is 0.950. The molecule has 9 heavy (non-hydrogen) atoms. The summed E-state index contributed by atoms with van der Waals surface area (Å²) in [6, 6.07) is 0. The van der Waals surface area contributed by atoms with E-state index in [1.807, 2.05) is 0 Å². The highest BCUT2D eigenvalue weighted by atomic mass is 32.2. The molecule has 1 atom stereocenters. The Labute approximate surface area is 60.6 Å². The molecule has 2 rings (SSSR count). The monoisotopic (exact) mass is 142 g/mol. The molecule has 0 aromatic carbocycles. The van der Waals surface area contributed by atoms with Crippen LogP contribution in [0, 0.1) is 11.8 Å². The molecule has 2 heteroatoms. The van der Waals surface area contributed by atoms with Gasteiger partial charge in [-0.3, -0.25) is 0 Å². The summed E-state index contributed by atoms with van der Waals surface area (Å²) in [6.07, 6.45) is 1.42. The lowest BCUT2D eigenvalue weighted by atomic mass is 9.95. The van der Waals surface area contributed by atoms with Gasteiger partial charge in [-0.25, -0.2) is 0 Å². The third-order valence-electron chi connectivity index (χ3n) is 2.22. The molecule has 1 radical (unpaired) electrons. The highest BCUT2D eigenvalue weighted by Gasteiger charge is 2.29. The molecule has 1 unspecified atom stereocenters. The fourth-order valence-electron chi connectivity index (χ4n) is 1.60. The van der Waals surface area contributed by atoms with Crippen molar-refractivity contribution >= 4 is 11.8 Å². The van der Waals surface area contributed by atoms with Crippen LogP contribution < -0.4 is 5.32 Å². The molecule has 2 aliphatic heterocycles. The normalized spacial score (nSPS) is 36.7. The number of hydrogen-bond acceptors (Lipinski definition) is 2. The molecule has 0 aromatic heterocycles. The Hall–Kier alpha value is 0.310. The zero-order valence-corrected chi connectivity index (χ0v) is 6.34. The first-order valence-corrected chi connectivity index (χ1v) is 4.75. The fraction of sp³-hybridized carbons (Fsp3) is 0.857. The Morgan fingerprint density at radius 2 is 2.56 bits per heavy atom. The summed E-state index contributed by atoms with van der Waals surface area (Å²) in [6.45, 7) is 2.47. The molecule has 51 valence electrons. The predicted octanol–water partition coefficient (Wildman–Crippen LogP) is 0.917. The summed E-state index contributed by atoms with van der Waals surface area (Å²) in [5.41, 5.74) is 0.